The Labute approximate surface area is 164 Å². The molecule has 1 aliphatic rings. The first-order chi connectivity index (χ1) is 12.4. The van der Waals surface area contributed by atoms with Gasteiger partial charge in [-0.05, 0) is 49.2 Å². The zero-order valence-corrected chi connectivity index (χ0v) is 16.6. The molecule has 1 fully saturated rings. The number of amides is 1. The highest BCUT2D eigenvalue weighted by Crippen LogP contribution is 2.25. The van der Waals surface area contributed by atoms with Crippen LogP contribution in [0.5, 0.6) is 0 Å². The zero-order valence-electron chi connectivity index (χ0n) is 15.1. The summed E-state index contributed by atoms with van der Waals surface area (Å²) in [4.78, 5) is 16.0. The van der Waals surface area contributed by atoms with E-state index in [2.05, 4.69) is 42.3 Å². The van der Waals surface area contributed by atoms with E-state index in [9.17, 15) is 4.79 Å². The number of hydrogen-bond acceptors (Lipinski definition) is 2. The van der Waals surface area contributed by atoms with Crippen LogP contribution in [0.2, 0.25) is 10.0 Å². The van der Waals surface area contributed by atoms with Gasteiger partial charge in [-0.25, -0.2) is 0 Å². The van der Waals surface area contributed by atoms with Crippen LogP contribution in [0.1, 0.15) is 11.1 Å². The Kier molecular flexibility index (Phi) is 6.07. The number of anilines is 2. The first kappa shape index (κ1) is 19.0. The Hall–Kier alpha value is -1.75. The van der Waals surface area contributed by atoms with Crippen LogP contribution >= 0.6 is 23.2 Å². The second kappa shape index (κ2) is 8.30. The van der Waals surface area contributed by atoms with Crippen molar-refractivity contribution >= 4 is 40.5 Å². The molecule has 2 aromatic rings. The molecule has 0 spiro atoms. The summed E-state index contributed by atoms with van der Waals surface area (Å²) in [6.45, 7) is 8.55. The summed E-state index contributed by atoms with van der Waals surface area (Å²) < 4.78 is 0. The van der Waals surface area contributed by atoms with Gasteiger partial charge in [0.1, 0.15) is 0 Å². The van der Waals surface area contributed by atoms with Crippen LogP contribution in [0.15, 0.2) is 36.4 Å². The molecule has 0 saturated carbocycles. The molecule has 0 bridgehead atoms. The van der Waals surface area contributed by atoms with Crippen LogP contribution in [0.3, 0.4) is 0 Å². The second-order valence-electron chi connectivity index (χ2n) is 6.81. The summed E-state index contributed by atoms with van der Waals surface area (Å²) in [6.07, 6.45) is 0. The summed E-state index contributed by atoms with van der Waals surface area (Å²) >= 11 is 12.0. The predicted octanol–water partition coefficient (Wildman–Crippen LogP) is 2.95. The molecule has 0 aliphatic carbocycles. The van der Waals surface area contributed by atoms with Crippen LogP contribution in [0.4, 0.5) is 11.4 Å². The summed E-state index contributed by atoms with van der Waals surface area (Å²) in [5.41, 5.74) is 4.57. The third-order valence-electron chi connectivity index (χ3n) is 5.00. The van der Waals surface area contributed by atoms with Gasteiger partial charge in [-0.15, -0.1) is 0 Å². The molecule has 0 radical (unpaired) electrons. The zero-order chi connectivity index (χ0) is 18.7. The molecular weight excluding hydrogens is 369 g/mol. The van der Waals surface area contributed by atoms with Crippen molar-refractivity contribution < 1.29 is 9.69 Å². The van der Waals surface area contributed by atoms with Gasteiger partial charge in [0.2, 0.25) is 0 Å². The van der Waals surface area contributed by atoms with Crippen LogP contribution in [0.25, 0.3) is 0 Å². The molecule has 26 heavy (non-hydrogen) atoms. The van der Waals surface area contributed by atoms with Crippen molar-refractivity contribution in [1.82, 2.24) is 0 Å². The Morgan fingerprint density at radius 2 is 1.88 bits per heavy atom. The molecular formula is C20H24Cl2N3O+. The molecule has 6 heteroatoms. The van der Waals surface area contributed by atoms with E-state index in [1.54, 1.807) is 18.2 Å². The smallest absolute Gasteiger partial charge is 0.279 e. The number of piperazine rings is 1. The fourth-order valence-corrected chi connectivity index (χ4v) is 3.79. The molecule has 1 amide bonds. The lowest BCUT2D eigenvalue weighted by molar-refractivity contribution is -0.892. The largest absolute Gasteiger partial charge is 0.360 e. The lowest BCUT2D eigenvalue weighted by Gasteiger charge is -2.34. The van der Waals surface area contributed by atoms with Crippen LogP contribution in [0, 0.1) is 13.8 Å². The topological polar surface area (TPSA) is 36.8 Å². The summed E-state index contributed by atoms with van der Waals surface area (Å²) in [5, 5.41) is 3.90. The highest BCUT2D eigenvalue weighted by atomic mass is 35.5. The van der Waals surface area contributed by atoms with Crippen molar-refractivity contribution in [2.45, 2.75) is 13.8 Å². The van der Waals surface area contributed by atoms with Crippen molar-refractivity contribution in [3.05, 3.63) is 57.6 Å². The SMILES string of the molecule is Cc1cccc(N2CC[NH+](CC(=O)Nc3ccc(Cl)cc3Cl)CC2)c1C. The molecule has 2 aromatic carbocycles. The minimum Gasteiger partial charge on any atom is -0.360 e. The number of rotatable bonds is 4. The maximum Gasteiger partial charge on any atom is 0.279 e. The van der Waals surface area contributed by atoms with Gasteiger partial charge >= 0.3 is 0 Å². The van der Waals surface area contributed by atoms with Crippen molar-refractivity contribution in [3.8, 4) is 0 Å². The molecule has 0 unspecified atom stereocenters. The minimum atomic E-state index is -0.0237. The molecule has 1 heterocycles. The highest BCUT2D eigenvalue weighted by Gasteiger charge is 2.23. The highest BCUT2D eigenvalue weighted by molar-refractivity contribution is 6.36. The van der Waals surface area contributed by atoms with Gasteiger partial charge in [0, 0.05) is 10.7 Å². The molecule has 0 aromatic heterocycles. The van der Waals surface area contributed by atoms with E-state index < -0.39 is 0 Å². The number of nitrogens with one attached hydrogen (secondary N) is 2. The van der Waals surface area contributed by atoms with E-state index in [1.165, 1.54) is 21.7 Å². The number of nitrogens with zero attached hydrogens (tertiary/aromatic N) is 1. The maximum atomic E-state index is 12.3. The van der Waals surface area contributed by atoms with Crippen molar-refractivity contribution in [2.75, 3.05) is 42.9 Å². The van der Waals surface area contributed by atoms with Gasteiger partial charge in [0.25, 0.3) is 5.91 Å². The van der Waals surface area contributed by atoms with E-state index in [0.717, 1.165) is 26.2 Å². The summed E-state index contributed by atoms with van der Waals surface area (Å²) in [5.74, 6) is -0.0237. The van der Waals surface area contributed by atoms with Crippen LogP contribution in [-0.2, 0) is 4.79 Å². The van der Waals surface area contributed by atoms with Crippen LogP contribution < -0.4 is 15.1 Å². The average molecular weight is 393 g/mol. The van der Waals surface area contributed by atoms with Crippen molar-refractivity contribution in [3.63, 3.8) is 0 Å². The number of hydrogen-bond donors (Lipinski definition) is 2. The standard InChI is InChI=1S/C20H23Cl2N3O/c1-14-4-3-5-19(15(14)2)25-10-8-24(9-11-25)13-20(26)23-18-7-6-16(21)12-17(18)22/h3-7,12H,8-11,13H2,1-2H3,(H,23,26)/p+1. The van der Waals surface area contributed by atoms with E-state index in [-0.39, 0.29) is 5.91 Å². The Balaban J connectivity index is 1.53. The fraction of sp³-hybridized carbons (Fsp3) is 0.350. The third-order valence-corrected chi connectivity index (χ3v) is 5.55. The van der Waals surface area contributed by atoms with Crippen molar-refractivity contribution in [2.24, 2.45) is 0 Å². The minimum absolute atomic E-state index is 0.0237. The molecule has 1 aliphatic heterocycles. The first-order valence-electron chi connectivity index (χ1n) is 8.83. The molecule has 2 N–H and O–H groups in total. The maximum absolute atomic E-state index is 12.3. The third kappa shape index (κ3) is 4.50. The number of quaternary nitrogens is 1. The number of halogens is 2. The molecule has 1 saturated heterocycles. The first-order valence-corrected chi connectivity index (χ1v) is 9.59. The Morgan fingerprint density at radius 1 is 1.15 bits per heavy atom. The summed E-state index contributed by atoms with van der Waals surface area (Å²) in [6, 6.07) is 11.5. The van der Waals surface area contributed by atoms with Gasteiger partial charge in [-0.1, -0.05) is 35.3 Å². The lowest BCUT2D eigenvalue weighted by atomic mass is 10.1. The number of carbonyl (C=O) groups excluding carboxylic acids is 1. The molecule has 3 rings (SSSR count). The van der Waals surface area contributed by atoms with Gasteiger partial charge in [-0.3, -0.25) is 4.79 Å². The fourth-order valence-electron chi connectivity index (χ4n) is 3.33. The van der Waals surface area contributed by atoms with E-state index >= 15 is 0 Å². The van der Waals surface area contributed by atoms with Gasteiger partial charge < -0.3 is 15.1 Å². The van der Waals surface area contributed by atoms with Gasteiger partial charge in [0.15, 0.2) is 6.54 Å². The Bertz CT molecular complexity index is 802. The Morgan fingerprint density at radius 3 is 2.58 bits per heavy atom. The van der Waals surface area contributed by atoms with Crippen LogP contribution in [-0.4, -0.2) is 38.6 Å². The lowest BCUT2D eigenvalue weighted by Crippen LogP contribution is -3.15. The quantitative estimate of drug-likeness (QED) is 0.838. The normalized spacial score (nSPS) is 15.2. The number of aryl methyl sites for hydroxylation is 1. The summed E-state index contributed by atoms with van der Waals surface area (Å²) in [7, 11) is 0. The molecule has 0 atom stereocenters. The van der Waals surface area contributed by atoms with E-state index in [1.807, 2.05) is 0 Å². The van der Waals surface area contributed by atoms with Gasteiger partial charge in [0.05, 0.1) is 36.9 Å². The van der Waals surface area contributed by atoms with E-state index in [0.29, 0.717) is 22.3 Å². The number of carbonyl (C=O) groups is 1. The number of benzene rings is 2. The average Bonchev–Trinajstić information content (AvgIpc) is 2.61. The second-order valence-corrected chi connectivity index (χ2v) is 7.65. The van der Waals surface area contributed by atoms with E-state index in [4.69, 9.17) is 23.2 Å². The van der Waals surface area contributed by atoms with Gasteiger partial charge in [-0.2, -0.15) is 0 Å². The molecule has 138 valence electrons. The monoisotopic (exact) mass is 392 g/mol. The molecule has 4 nitrogen and oxygen atoms in total. The predicted molar refractivity (Wildman–Crippen MR) is 109 cm³/mol. The van der Waals surface area contributed by atoms with Crippen molar-refractivity contribution in [1.29, 1.82) is 0 Å².